The zero-order valence-electron chi connectivity index (χ0n) is 17.8. The van der Waals surface area contributed by atoms with E-state index < -0.39 is 0 Å². The second-order valence-electron chi connectivity index (χ2n) is 7.88. The summed E-state index contributed by atoms with van der Waals surface area (Å²) in [6.45, 7) is 8.71. The predicted molar refractivity (Wildman–Crippen MR) is 122 cm³/mol. The Bertz CT molecular complexity index is 1200. The van der Waals surface area contributed by atoms with E-state index in [2.05, 4.69) is 79.3 Å². The van der Waals surface area contributed by atoms with Crippen LogP contribution >= 0.6 is 0 Å². The number of rotatable bonds is 5. The molecule has 2 aromatic heterocycles. The quantitative estimate of drug-likeness (QED) is 0.474. The summed E-state index contributed by atoms with van der Waals surface area (Å²) in [5.74, 6) is 1.06. The average Bonchev–Trinajstić information content (AvgIpc) is 2.71. The van der Waals surface area contributed by atoms with Gasteiger partial charge < -0.3 is 10.5 Å². The van der Waals surface area contributed by atoms with Gasteiger partial charge in [0.25, 0.3) is 0 Å². The summed E-state index contributed by atoms with van der Waals surface area (Å²) >= 11 is 0. The molecule has 0 unspecified atom stereocenters. The van der Waals surface area contributed by atoms with Gasteiger partial charge in [0, 0.05) is 28.3 Å². The highest BCUT2D eigenvalue weighted by atomic mass is 16.5. The normalized spacial score (nSPS) is 11.2. The maximum Gasteiger partial charge on any atom is 0.223 e. The lowest BCUT2D eigenvalue weighted by Crippen LogP contribution is -2.05. The van der Waals surface area contributed by atoms with Crippen LogP contribution in [0.5, 0.6) is 5.88 Å². The Morgan fingerprint density at radius 3 is 2.50 bits per heavy atom. The van der Waals surface area contributed by atoms with Gasteiger partial charge >= 0.3 is 0 Å². The third-order valence-corrected chi connectivity index (χ3v) is 5.19. The smallest absolute Gasteiger partial charge is 0.223 e. The lowest BCUT2D eigenvalue weighted by Gasteiger charge is -2.17. The standard InChI is InChI=1S/C25H26N4O/c1-15(2)20-10-5-6-11-21(20)24-19(13-18-9-7-8-16(3)23(18)29-24)14-30-22-12-17(4)27-25(26)28-22/h5-13,15H,14H2,1-4H3,(H2,26,27,28). The van der Waals surface area contributed by atoms with Gasteiger partial charge in [-0.2, -0.15) is 4.98 Å². The third kappa shape index (κ3) is 3.96. The Balaban J connectivity index is 1.84. The maximum atomic E-state index is 6.02. The molecule has 30 heavy (non-hydrogen) atoms. The van der Waals surface area contributed by atoms with Crippen molar-refractivity contribution >= 4 is 16.9 Å². The number of pyridine rings is 1. The molecular weight excluding hydrogens is 372 g/mol. The molecule has 0 saturated heterocycles. The molecule has 0 aliphatic carbocycles. The highest BCUT2D eigenvalue weighted by Crippen LogP contribution is 2.33. The van der Waals surface area contributed by atoms with Crippen molar-refractivity contribution in [3.8, 4) is 17.1 Å². The second-order valence-corrected chi connectivity index (χ2v) is 7.88. The molecule has 2 N–H and O–H groups in total. The molecule has 0 aliphatic heterocycles. The van der Waals surface area contributed by atoms with Crippen molar-refractivity contribution in [2.45, 2.75) is 40.2 Å². The molecule has 2 heterocycles. The average molecular weight is 399 g/mol. The topological polar surface area (TPSA) is 73.9 Å². The van der Waals surface area contributed by atoms with Gasteiger partial charge in [-0.3, -0.25) is 0 Å². The van der Waals surface area contributed by atoms with Crippen molar-refractivity contribution in [1.82, 2.24) is 15.0 Å². The van der Waals surface area contributed by atoms with E-state index in [1.807, 2.05) is 6.92 Å². The van der Waals surface area contributed by atoms with Gasteiger partial charge in [0.05, 0.1) is 11.2 Å². The number of hydrogen-bond donors (Lipinski definition) is 1. The van der Waals surface area contributed by atoms with Gasteiger partial charge in [-0.1, -0.05) is 56.3 Å². The first-order chi connectivity index (χ1) is 14.4. The number of ether oxygens (including phenoxy) is 1. The minimum Gasteiger partial charge on any atom is -0.473 e. The number of nitrogens with zero attached hydrogens (tertiary/aromatic N) is 3. The number of hydrogen-bond acceptors (Lipinski definition) is 5. The maximum absolute atomic E-state index is 6.02. The molecule has 0 fully saturated rings. The van der Waals surface area contributed by atoms with E-state index >= 15 is 0 Å². The number of aryl methyl sites for hydroxylation is 2. The monoisotopic (exact) mass is 398 g/mol. The fraction of sp³-hybridized carbons (Fsp3) is 0.240. The fourth-order valence-corrected chi connectivity index (χ4v) is 3.74. The van der Waals surface area contributed by atoms with Gasteiger partial charge in [-0.05, 0) is 37.0 Å². The Morgan fingerprint density at radius 1 is 0.933 bits per heavy atom. The summed E-state index contributed by atoms with van der Waals surface area (Å²) in [6.07, 6.45) is 0. The van der Waals surface area contributed by atoms with E-state index in [9.17, 15) is 0 Å². The number of benzene rings is 2. The van der Waals surface area contributed by atoms with E-state index in [0.717, 1.165) is 39.0 Å². The summed E-state index contributed by atoms with van der Waals surface area (Å²) in [4.78, 5) is 13.4. The molecule has 0 radical (unpaired) electrons. The lowest BCUT2D eigenvalue weighted by atomic mass is 9.92. The highest BCUT2D eigenvalue weighted by molar-refractivity contribution is 5.86. The van der Waals surface area contributed by atoms with E-state index in [4.69, 9.17) is 15.5 Å². The summed E-state index contributed by atoms with van der Waals surface area (Å²) in [7, 11) is 0. The number of aromatic nitrogens is 3. The summed E-state index contributed by atoms with van der Waals surface area (Å²) in [6, 6.07) is 18.6. The molecule has 0 bridgehead atoms. The second kappa shape index (κ2) is 8.11. The zero-order chi connectivity index (χ0) is 21.3. The lowest BCUT2D eigenvalue weighted by molar-refractivity contribution is 0.294. The van der Waals surface area contributed by atoms with Crippen LogP contribution in [0.2, 0.25) is 0 Å². The van der Waals surface area contributed by atoms with Crippen LogP contribution in [-0.4, -0.2) is 15.0 Å². The van der Waals surface area contributed by atoms with Gasteiger partial charge in [0.2, 0.25) is 11.8 Å². The van der Waals surface area contributed by atoms with E-state index in [0.29, 0.717) is 18.4 Å². The summed E-state index contributed by atoms with van der Waals surface area (Å²) in [5, 5.41) is 1.10. The van der Waals surface area contributed by atoms with E-state index in [-0.39, 0.29) is 5.95 Å². The molecule has 4 rings (SSSR count). The number of para-hydroxylation sites is 1. The minimum atomic E-state index is 0.211. The summed E-state index contributed by atoms with van der Waals surface area (Å²) < 4.78 is 6.02. The Kier molecular flexibility index (Phi) is 5.36. The Labute approximate surface area is 177 Å². The first kappa shape index (κ1) is 19.8. The van der Waals surface area contributed by atoms with E-state index in [1.54, 1.807) is 6.07 Å². The van der Waals surface area contributed by atoms with Gasteiger partial charge in [0.15, 0.2) is 0 Å². The van der Waals surface area contributed by atoms with Crippen LogP contribution in [0.25, 0.3) is 22.2 Å². The van der Waals surface area contributed by atoms with Gasteiger partial charge in [-0.15, -0.1) is 0 Å². The number of nitrogens with two attached hydrogens (primary N) is 1. The van der Waals surface area contributed by atoms with Crippen LogP contribution in [0.3, 0.4) is 0 Å². The van der Waals surface area contributed by atoms with Gasteiger partial charge in [-0.25, -0.2) is 9.97 Å². The molecule has 0 saturated carbocycles. The molecule has 0 spiro atoms. The minimum absolute atomic E-state index is 0.211. The van der Waals surface area contributed by atoms with Crippen molar-refractivity contribution in [2.24, 2.45) is 0 Å². The number of fused-ring (bicyclic) bond motifs is 1. The van der Waals surface area contributed by atoms with Crippen molar-refractivity contribution in [3.63, 3.8) is 0 Å². The molecule has 0 amide bonds. The highest BCUT2D eigenvalue weighted by Gasteiger charge is 2.16. The molecular formula is C25H26N4O. The first-order valence-electron chi connectivity index (χ1n) is 10.1. The molecule has 4 aromatic rings. The molecule has 152 valence electrons. The van der Waals surface area contributed by atoms with Crippen LogP contribution in [0, 0.1) is 13.8 Å². The molecule has 5 nitrogen and oxygen atoms in total. The zero-order valence-corrected chi connectivity index (χ0v) is 17.8. The predicted octanol–water partition coefficient (Wildman–Crippen LogP) is 5.59. The van der Waals surface area contributed by atoms with Gasteiger partial charge in [0.1, 0.15) is 6.61 Å². The first-order valence-corrected chi connectivity index (χ1v) is 10.1. The summed E-state index contributed by atoms with van der Waals surface area (Å²) in [5.41, 5.74) is 13.1. The number of nitrogen functional groups attached to an aromatic ring is 1. The third-order valence-electron chi connectivity index (χ3n) is 5.19. The van der Waals surface area contributed by atoms with E-state index in [1.165, 1.54) is 5.56 Å². The number of anilines is 1. The van der Waals surface area contributed by atoms with Crippen LogP contribution in [0.15, 0.2) is 54.6 Å². The van der Waals surface area contributed by atoms with Crippen LogP contribution < -0.4 is 10.5 Å². The van der Waals surface area contributed by atoms with Crippen LogP contribution in [0.1, 0.15) is 42.1 Å². The van der Waals surface area contributed by atoms with Crippen LogP contribution in [-0.2, 0) is 6.61 Å². The Morgan fingerprint density at radius 2 is 1.73 bits per heavy atom. The SMILES string of the molecule is Cc1cc(OCc2cc3cccc(C)c3nc2-c2ccccc2C(C)C)nc(N)n1. The van der Waals surface area contributed by atoms with Crippen molar-refractivity contribution in [1.29, 1.82) is 0 Å². The van der Waals surface area contributed by atoms with Crippen molar-refractivity contribution in [3.05, 3.63) is 77.0 Å². The van der Waals surface area contributed by atoms with Crippen LogP contribution in [0.4, 0.5) is 5.95 Å². The van der Waals surface area contributed by atoms with Crippen molar-refractivity contribution in [2.75, 3.05) is 5.73 Å². The van der Waals surface area contributed by atoms with Crippen molar-refractivity contribution < 1.29 is 4.74 Å². The molecule has 0 aliphatic rings. The largest absolute Gasteiger partial charge is 0.473 e. The molecule has 5 heteroatoms. The molecule has 2 aromatic carbocycles. The Hall–Kier alpha value is -3.47. The molecule has 0 atom stereocenters. The fourth-order valence-electron chi connectivity index (χ4n) is 3.74.